The van der Waals surface area contributed by atoms with Crippen LogP contribution in [0.3, 0.4) is 0 Å². The number of benzene rings is 1. The summed E-state index contributed by atoms with van der Waals surface area (Å²) in [5.41, 5.74) is 2.22. The van der Waals surface area contributed by atoms with Crippen molar-refractivity contribution in [3.05, 3.63) is 35.4 Å². The van der Waals surface area contributed by atoms with Crippen LogP contribution in [0.25, 0.3) is 0 Å². The SMILES string of the molecule is CCCc1ccc(CN2CCCC2C(F)(F)F)cc1. The van der Waals surface area contributed by atoms with Gasteiger partial charge in [-0.15, -0.1) is 0 Å². The van der Waals surface area contributed by atoms with E-state index in [1.807, 2.05) is 24.3 Å². The van der Waals surface area contributed by atoms with Crippen LogP contribution in [0.1, 0.15) is 37.3 Å². The van der Waals surface area contributed by atoms with Gasteiger partial charge in [0.05, 0.1) is 0 Å². The first-order chi connectivity index (χ1) is 9.00. The zero-order valence-electron chi connectivity index (χ0n) is 11.2. The second-order valence-electron chi connectivity index (χ2n) is 5.24. The van der Waals surface area contributed by atoms with Gasteiger partial charge in [-0.1, -0.05) is 37.6 Å². The van der Waals surface area contributed by atoms with Gasteiger partial charge in [-0.05, 0) is 36.9 Å². The van der Waals surface area contributed by atoms with E-state index >= 15 is 0 Å². The minimum absolute atomic E-state index is 0.234. The molecule has 0 radical (unpaired) electrons. The van der Waals surface area contributed by atoms with Crippen LogP contribution < -0.4 is 0 Å². The van der Waals surface area contributed by atoms with Crippen LogP contribution in [0.4, 0.5) is 13.2 Å². The maximum Gasteiger partial charge on any atom is 0.404 e. The molecule has 1 aromatic carbocycles. The molecule has 1 fully saturated rings. The van der Waals surface area contributed by atoms with Gasteiger partial charge >= 0.3 is 6.18 Å². The van der Waals surface area contributed by atoms with E-state index in [9.17, 15) is 13.2 Å². The minimum Gasteiger partial charge on any atom is -0.288 e. The molecule has 1 nitrogen and oxygen atoms in total. The van der Waals surface area contributed by atoms with Crippen molar-refractivity contribution in [3.8, 4) is 0 Å². The Morgan fingerprint density at radius 3 is 2.37 bits per heavy atom. The minimum atomic E-state index is -4.10. The lowest BCUT2D eigenvalue weighted by Crippen LogP contribution is -2.40. The normalized spacial score (nSPS) is 20.9. The maximum atomic E-state index is 12.8. The number of halogens is 3. The van der Waals surface area contributed by atoms with Gasteiger partial charge in [0, 0.05) is 6.54 Å². The molecule has 0 saturated carbocycles. The average Bonchev–Trinajstić information content (AvgIpc) is 2.80. The van der Waals surface area contributed by atoms with Gasteiger partial charge in [-0.25, -0.2) is 0 Å². The van der Waals surface area contributed by atoms with Crippen LogP contribution in [-0.4, -0.2) is 23.7 Å². The van der Waals surface area contributed by atoms with E-state index in [2.05, 4.69) is 6.92 Å². The third-order valence-electron chi connectivity index (χ3n) is 3.69. The fourth-order valence-corrected chi connectivity index (χ4v) is 2.72. The molecule has 1 heterocycles. The van der Waals surface area contributed by atoms with E-state index in [-0.39, 0.29) is 6.42 Å². The molecule has 0 amide bonds. The highest BCUT2D eigenvalue weighted by atomic mass is 19.4. The van der Waals surface area contributed by atoms with Crippen molar-refractivity contribution >= 4 is 0 Å². The predicted molar refractivity (Wildman–Crippen MR) is 69.9 cm³/mol. The molecule has 1 unspecified atom stereocenters. The Balaban J connectivity index is 2.00. The van der Waals surface area contributed by atoms with Crippen LogP contribution in [0.5, 0.6) is 0 Å². The Morgan fingerprint density at radius 2 is 1.79 bits per heavy atom. The molecule has 4 heteroatoms. The van der Waals surface area contributed by atoms with Crippen LogP contribution in [0.2, 0.25) is 0 Å². The molecule has 106 valence electrons. The summed E-state index contributed by atoms with van der Waals surface area (Å²) in [5, 5.41) is 0. The average molecular weight is 271 g/mol. The fraction of sp³-hybridized carbons (Fsp3) is 0.600. The molecule has 0 aliphatic carbocycles. The van der Waals surface area contributed by atoms with Gasteiger partial charge in [0.1, 0.15) is 6.04 Å². The topological polar surface area (TPSA) is 3.24 Å². The molecule has 0 N–H and O–H groups in total. The largest absolute Gasteiger partial charge is 0.404 e. The van der Waals surface area contributed by atoms with Crippen molar-refractivity contribution in [3.63, 3.8) is 0 Å². The lowest BCUT2D eigenvalue weighted by molar-refractivity contribution is -0.177. The first-order valence-corrected chi connectivity index (χ1v) is 6.89. The molecule has 1 saturated heterocycles. The van der Waals surface area contributed by atoms with Crippen molar-refractivity contribution < 1.29 is 13.2 Å². The fourth-order valence-electron chi connectivity index (χ4n) is 2.72. The molecule has 1 aliphatic heterocycles. The summed E-state index contributed by atoms with van der Waals surface area (Å²) < 4.78 is 38.5. The zero-order chi connectivity index (χ0) is 13.9. The van der Waals surface area contributed by atoms with E-state index in [4.69, 9.17) is 0 Å². The van der Waals surface area contributed by atoms with Gasteiger partial charge < -0.3 is 0 Å². The van der Waals surface area contributed by atoms with E-state index in [1.54, 1.807) is 4.90 Å². The third-order valence-corrected chi connectivity index (χ3v) is 3.69. The summed E-state index contributed by atoms with van der Waals surface area (Å²) in [7, 11) is 0. The van der Waals surface area contributed by atoms with Gasteiger partial charge in [0.25, 0.3) is 0 Å². The number of aryl methyl sites for hydroxylation is 1. The lowest BCUT2D eigenvalue weighted by atomic mass is 10.1. The number of hydrogen-bond donors (Lipinski definition) is 0. The summed E-state index contributed by atoms with van der Waals surface area (Å²) in [6.07, 6.45) is -1.12. The summed E-state index contributed by atoms with van der Waals surface area (Å²) in [6, 6.07) is 6.70. The molecule has 19 heavy (non-hydrogen) atoms. The highest BCUT2D eigenvalue weighted by Crippen LogP contribution is 2.33. The molecule has 0 spiro atoms. The second kappa shape index (κ2) is 5.95. The van der Waals surface area contributed by atoms with Gasteiger partial charge in [-0.3, -0.25) is 4.90 Å². The van der Waals surface area contributed by atoms with Crippen molar-refractivity contribution in [2.75, 3.05) is 6.54 Å². The number of alkyl halides is 3. The lowest BCUT2D eigenvalue weighted by Gasteiger charge is -2.26. The summed E-state index contributed by atoms with van der Waals surface area (Å²) in [5.74, 6) is 0. The predicted octanol–water partition coefficient (Wildman–Crippen LogP) is 4.17. The Kier molecular flexibility index (Phi) is 4.50. The molecule has 1 atom stereocenters. The number of rotatable bonds is 4. The maximum absolute atomic E-state index is 12.8. The van der Waals surface area contributed by atoms with Gasteiger partial charge in [-0.2, -0.15) is 13.2 Å². The molecule has 1 aromatic rings. The molecule has 0 aromatic heterocycles. The second-order valence-corrected chi connectivity index (χ2v) is 5.24. The molecular weight excluding hydrogens is 251 g/mol. The van der Waals surface area contributed by atoms with Crippen molar-refractivity contribution in [1.82, 2.24) is 4.90 Å². The highest BCUT2D eigenvalue weighted by Gasteiger charge is 2.45. The molecule has 0 bridgehead atoms. The third kappa shape index (κ3) is 3.72. The first kappa shape index (κ1) is 14.4. The van der Waals surface area contributed by atoms with Crippen molar-refractivity contribution in [2.45, 2.75) is 51.4 Å². The van der Waals surface area contributed by atoms with Gasteiger partial charge in [0.2, 0.25) is 0 Å². The van der Waals surface area contributed by atoms with Gasteiger partial charge in [0.15, 0.2) is 0 Å². The first-order valence-electron chi connectivity index (χ1n) is 6.89. The summed E-state index contributed by atoms with van der Waals surface area (Å²) >= 11 is 0. The van der Waals surface area contributed by atoms with Crippen molar-refractivity contribution in [1.29, 1.82) is 0 Å². The Bertz CT molecular complexity index is 397. The molecular formula is C15H20F3N. The summed E-state index contributed by atoms with van der Waals surface area (Å²) in [4.78, 5) is 1.55. The van der Waals surface area contributed by atoms with E-state index < -0.39 is 12.2 Å². The Labute approximate surface area is 112 Å². The number of nitrogens with zero attached hydrogens (tertiary/aromatic N) is 1. The standard InChI is InChI=1S/C15H20F3N/c1-2-4-12-6-8-13(9-7-12)11-19-10-3-5-14(19)15(16,17)18/h6-9,14H,2-5,10-11H2,1H3. The summed E-state index contributed by atoms with van der Waals surface area (Å²) in [6.45, 7) is 3.06. The zero-order valence-corrected chi connectivity index (χ0v) is 11.2. The van der Waals surface area contributed by atoms with E-state index in [1.165, 1.54) is 5.56 Å². The highest BCUT2D eigenvalue weighted by molar-refractivity contribution is 5.22. The van der Waals surface area contributed by atoms with E-state index in [0.717, 1.165) is 18.4 Å². The number of hydrogen-bond acceptors (Lipinski definition) is 1. The monoisotopic (exact) mass is 271 g/mol. The van der Waals surface area contributed by atoms with Crippen molar-refractivity contribution in [2.24, 2.45) is 0 Å². The Hall–Kier alpha value is -1.03. The molecule has 2 rings (SSSR count). The smallest absolute Gasteiger partial charge is 0.288 e. The Morgan fingerprint density at radius 1 is 1.16 bits per heavy atom. The van der Waals surface area contributed by atoms with Crippen LogP contribution in [0, 0.1) is 0 Å². The quantitative estimate of drug-likeness (QED) is 0.794. The van der Waals surface area contributed by atoms with Crippen LogP contribution in [0.15, 0.2) is 24.3 Å². The molecule has 1 aliphatic rings. The van der Waals surface area contributed by atoms with Crippen LogP contribution in [-0.2, 0) is 13.0 Å². The number of likely N-dealkylation sites (tertiary alicyclic amines) is 1. The van der Waals surface area contributed by atoms with E-state index in [0.29, 0.717) is 19.5 Å². The van der Waals surface area contributed by atoms with Crippen LogP contribution >= 0.6 is 0 Å².